The minimum Gasteiger partial charge on any atom is -0.306 e. The second-order valence-electron chi connectivity index (χ2n) is 7.89. The summed E-state index contributed by atoms with van der Waals surface area (Å²) >= 11 is 0. The van der Waals surface area contributed by atoms with Gasteiger partial charge in [-0.3, -0.25) is 9.47 Å². The van der Waals surface area contributed by atoms with Crippen molar-refractivity contribution in [3.05, 3.63) is 94.9 Å². The molecule has 0 unspecified atom stereocenters. The normalized spacial score (nSPS) is 15.7. The van der Waals surface area contributed by atoms with Gasteiger partial charge in [0, 0.05) is 25.7 Å². The monoisotopic (exact) mass is 383 g/mol. The van der Waals surface area contributed by atoms with Crippen LogP contribution >= 0.6 is 0 Å². The summed E-state index contributed by atoms with van der Waals surface area (Å²) in [6.45, 7) is 2.98. The van der Waals surface area contributed by atoms with Gasteiger partial charge in [-0.15, -0.1) is 0 Å². The van der Waals surface area contributed by atoms with Gasteiger partial charge in [0.1, 0.15) is 0 Å². The van der Waals surface area contributed by atoms with Gasteiger partial charge in [0.25, 0.3) is 0 Å². The molecule has 3 aromatic carbocycles. The number of benzene rings is 3. The van der Waals surface area contributed by atoms with Crippen molar-refractivity contribution >= 4 is 11.0 Å². The molecule has 0 aliphatic carbocycles. The molecule has 0 amide bonds. The number of fused-ring (bicyclic) bond motifs is 1. The molecule has 1 fully saturated rings. The molecule has 0 saturated carbocycles. The molecule has 1 aliphatic heterocycles. The minimum atomic E-state index is 0.0150. The summed E-state index contributed by atoms with van der Waals surface area (Å²) in [5, 5.41) is 0. The summed E-state index contributed by atoms with van der Waals surface area (Å²) in [5.41, 5.74) is 5.82. The molecule has 4 aromatic rings. The zero-order chi connectivity index (χ0) is 19.6. The number of hydrogen-bond donors (Lipinski definition) is 1. The van der Waals surface area contributed by atoms with Crippen molar-refractivity contribution in [2.24, 2.45) is 0 Å². The number of aromatic amines is 1. The molecule has 1 aromatic heterocycles. The molecular weight excluding hydrogens is 358 g/mol. The number of para-hydroxylation sites is 2. The number of nitrogens with zero attached hydrogens (tertiary/aromatic N) is 2. The SMILES string of the molecule is O=c1[nH]c2ccccc2n1C1CCN(Cc2ccc(-c3ccccc3)cc2)CC1. The molecule has 0 radical (unpaired) electrons. The highest BCUT2D eigenvalue weighted by molar-refractivity contribution is 5.75. The number of likely N-dealkylation sites (tertiary alicyclic amines) is 1. The van der Waals surface area contributed by atoms with Crippen LogP contribution in [0.25, 0.3) is 22.2 Å². The Morgan fingerprint density at radius 3 is 2.21 bits per heavy atom. The highest BCUT2D eigenvalue weighted by atomic mass is 16.1. The molecule has 2 heterocycles. The van der Waals surface area contributed by atoms with E-state index < -0.39 is 0 Å². The van der Waals surface area contributed by atoms with Gasteiger partial charge in [-0.25, -0.2) is 4.79 Å². The third-order valence-corrected chi connectivity index (χ3v) is 6.01. The van der Waals surface area contributed by atoms with Crippen molar-refractivity contribution in [3.63, 3.8) is 0 Å². The Balaban J connectivity index is 1.24. The quantitative estimate of drug-likeness (QED) is 0.548. The van der Waals surface area contributed by atoms with Gasteiger partial charge in [-0.2, -0.15) is 0 Å². The first-order chi connectivity index (χ1) is 14.3. The second kappa shape index (κ2) is 7.72. The van der Waals surface area contributed by atoms with E-state index in [9.17, 15) is 4.79 Å². The first-order valence-electron chi connectivity index (χ1n) is 10.3. The van der Waals surface area contributed by atoms with Crippen LogP contribution in [0, 0.1) is 0 Å². The predicted octanol–water partition coefficient (Wildman–Crippen LogP) is 4.83. The van der Waals surface area contributed by atoms with Gasteiger partial charge in [0.15, 0.2) is 0 Å². The molecule has 4 nitrogen and oxygen atoms in total. The highest BCUT2D eigenvalue weighted by Gasteiger charge is 2.23. The Hall–Kier alpha value is -3.11. The lowest BCUT2D eigenvalue weighted by molar-refractivity contribution is 0.180. The van der Waals surface area contributed by atoms with Crippen LogP contribution in [0.2, 0.25) is 0 Å². The van der Waals surface area contributed by atoms with Gasteiger partial charge in [0.05, 0.1) is 11.0 Å². The van der Waals surface area contributed by atoms with Crippen molar-refractivity contribution in [3.8, 4) is 11.1 Å². The topological polar surface area (TPSA) is 41.0 Å². The fourth-order valence-electron chi connectivity index (χ4n) is 4.46. The maximum absolute atomic E-state index is 12.5. The van der Waals surface area contributed by atoms with E-state index in [1.165, 1.54) is 16.7 Å². The van der Waals surface area contributed by atoms with Crippen LogP contribution in [0.3, 0.4) is 0 Å². The number of imidazole rings is 1. The van der Waals surface area contributed by atoms with Crippen LogP contribution < -0.4 is 5.69 Å². The second-order valence-corrected chi connectivity index (χ2v) is 7.89. The summed E-state index contributed by atoms with van der Waals surface area (Å²) in [6.07, 6.45) is 2.01. The van der Waals surface area contributed by atoms with Gasteiger partial charge in [-0.05, 0) is 41.7 Å². The van der Waals surface area contributed by atoms with Crippen molar-refractivity contribution in [1.29, 1.82) is 0 Å². The van der Waals surface area contributed by atoms with Crippen molar-refractivity contribution in [1.82, 2.24) is 14.5 Å². The van der Waals surface area contributed by atoms with E-state index in [2.05, 4.69) is 58.4 Å². The maximum Gasteiger partial charge on any atom is 0.326 e. The van der Waals surface area contributed by atoms with Gasteiger partial charge in [0.2, 0.25) is 0 Å². The summed E-state index contributed by atoms with van der Waals surface area (Å²) in [7, 11) is 0. The smallest absolute Gasteiger partial charge is 0.306 e. The van der Waals surface area contributed by atoms with Crippen LogP contribution in [0.1, 0.15) is 24.4 Å². The van der Waals surface area contributed by atoms with Gasteiger partial charge < -0.3 is 4.98 Å². The Morgan fingerprint density at radius 2 is 1.45 bits per heavy atom. The van der Waals surface area contributed by atoms with Crippen LogP contribution in [0.4, 0.5) is 0 Å². The zero-order valence-electron chi connectivity index (χ0n) is 16.4. The first kappa shape index (κ1) is 18.0. The lowest BCUT2D eigenvalue weighted by Gasteiger charge is -2.32. The van der Waals surface area contributed by atoms with E-state index in [-0.39, 0.29) is 11.7 Å². The van der Waals surface area contributed by atoms with Crippen LogP contribution in [0.5, 0.6) is 0 Å². The number of H-pyrrole nitrogens is 1. The lowest BCUT2D eigenvalue weighted by atomic mass is 10.0. The number of rotatable bonds is 4. The summed E-state index contributed by atoms with van der Waals surface area (Å²) < 4.78 is 1.96. The molecule has 0 atom stereocenters. The Kier molecular flexibility index (Phi) is 4.78. The fourth-order valence-corrected chi connectivity index (χ4v) is 4.46. The molecule has 1 aliphatic rings. The van der Waals surface area contributed by atoms with E-state index in [0.717, 1.165) is 43.5 Å². The highest BCUT2D eigenvalue weighted by Crippen LogP contribution is 2.26. The lowest BCUT2D eigenvalue weighted by Crippen LogP contribution is -2.36. The Labute approximate surface area is 170 Å². The standard InChI is InChI=1S/C25H25N3O/c29-25-26-23-8-4-5-9-24(23)28(25)22-14-16-27(17-15-22)18-19-10-12-21(13-11-19)20-6-2-1-3-7-20/h1-13,22H,14-18H2,(H,26,29). The van der Waals surface area contributed by atoms with Crippen LogP contribution in [0.15, 0.2) is 83.7 Å². The van der Waals surface area contributed by atoms with E-state index >= 15 is 0 Å². The predicted molar refractivity (Wildman–Crippen MR) is 118 cm³/mol. The Morgan fingerprint density at radius 1 is 0.793 bits per heavy atom. The van der Waals surface area contributed by atoms with Gasteiger partial charge >= 0.3 is 5.69 Å². The summed E-state index contributed by atoms with van der Waals surface area (Å²) in [4.78, 5) is 17.9. The van der Waals surface area contributed by atoms with Gasteiger partial charge in [-0.1, -0.05) is 66.7 Å². The van der Waals surface area contributed by atoms with Crippen LogP contribution in [-0.2, 0) is 6.54 Å². The van der Waals surface area contributed by atoms with E-state index in [1.54, 1.807) is 0 Å². The maximum atomic E-state index is 12.5. The molecule has 1 saturated heterocycles. The number of piperidine rings is 1. The molecule has 0 bridgehead atoms. The van der Waals surface area contributed by atoms with Crippen molar-refractivity contribution in [2.45, 2.75) is 25.4 Å². The average Bonchev–Trinajstić information content (AvgIpc) is 3.11. The van der Waals surface area contributed by atoms with E-state index in [1.807, 2.05) is 34.9 Å². The van der Waals surface area contributed by atoms with Crippen LogP contribution in [-0.4, -0.2) is 27.5 Å². The summed E-state index contributed by atoms with van der Waals surface area (Å²) in [5.74, 6) is 0. The first-order valence-corrected chi connectivity index (χ1v) is 10.3. The molecule has 1 N–H and O–H groups in total. The van der Waals surface area contributed by atoms with E-state index in [4.69, 9.17) is 0 Å². The minimum absolute atomic E-state index is 0.0150. The Bertz CT molecular complexity index is 1150. The average molecular weight is 383 g/mol. The number of aromatic nitrogens is 2. The fraction of sp³-hybridized carbons (Fsp3) is 0.240. The summed E-state index contributed by atoms with van der Waals surface area (Å²) in [6, 6.07) is 27.6. The van der Waals surface area contributed by atoms with E-state index in [0.29, 0.717) is 0 Å². The molecule has 146 valence electrons. The van der Waals surface area contributed by atoms with Crippen molar-refractivity contribution in [2.75, 3.05) is 13.1 Å². The zero-order valence-corrected chi connectivity index (χ0v) is 16.4. The number of nitrogens with one attached hydrogen (secondary N) is 1. The third-order valence-electron chi connectivity index (χ3n) is 6.01. The molecule has 0 spiro atoms. The molecule has 5 rings (SSSR count). The molecular formula is C25H25N3O. The molecule has 29 heavy (non-hydrogen) atoms. The van der Waals surface area contributed by atoms with Crippen molar-refractivity contribution < 1.29 is 0 Å². The third kappa shape index (κ3) is 3.64. The molecule has 4 heteroatoms. The largest absolute Gasteiger partial charge is 0.326 e. The number of hydrogen-bond acceptors (Lipinski definition) is 2.